The molecular formula is C15H17ClN2O. The maximum atomic E-state index is 6.18. The van der Waals surface area contributed by atoms with Gasteiger partial charge in [0.1, 0.15) is 17.2 Å². The molecule has 0 saturated heterocycles. The van der Waals surface area contributed by atoms with Gasteiger partial charge in [-0.1, -0.05) is 37.1 Å². The maximum absolute atomic E-state index is 6.18. The molecule has 0 fully saturated rings. The van der Waals surface area contributed by atoms with Crippen LogP contribution in [-0.2, 0) is 6.42 Å². The zero-order chi connectivity index (χ0) is 13.7. The summed E-state index contributed by atoms with van der Waals surface area (Å²) in [5.74, 6) is 0.845. The average Bonchev–Trinajstić information content (AvgIpc) is 2.42. The summed E-state index contributed by atoms with van der Waals surface area (Å²) in [4.78, 5) is 8.44. The summed E-state index contributed by atoms with van der Waals surface area (Å²) in [5, 5.41) is 0.536. The Kier molecular flexibility index (Phi) is 4.74. The Morgan fingerprint density at radius 1 is 1.21 bits per heavy atom. The molecule has 0 radical (unpaired) electrons. The third-order valence-electron chi connectivity index (χ3n) is 2.81. The van der Waals surface area contributed by atoms with E-state index in [4.69, 9.17) is 16.3 Å². The molecule has 0 amide bonds. The number of hydrogen-bond acceptors (Lipinski definition) is 3. The minimum absolute atomic E-state index is 0.536. The van der Waals surface area contributed by atoms with Crippen molar-refractivity contribution >= 4 is 11.6 Å². The summed E-state index contributed by atoms with van der Waals surface area (Å²) in [6.45, 7) is 4.73. The Morgan fingerprint density at radius 3 is 2.79 bits per heavy atom. The standard InChI is InChI=1S/C15H17ClN2O/c1-3-6-13-14(17-10-18-15(13)16)11-7-5-8-12(9-11)19-4-2/h5,7-10H,3-4,6H2,1-2H3. The molecule has 0 aliphatic heterocycles. The Hall–Kier alpha value is -1.61. The summed E-state index contributed by atoms with van der Waals surface area (Å²) in [7, 11) is 0. The molecule has 3 nitrogen and oxygen atoms in total. The number of hydrogen-bond donors (Lipinski definition) is 0. The summed E-state index contributed by atoms with van der Waals surface area (Å²) in [6.07, 6.45) is 3.38. The van der Waals surface area contributed by atoms with Gasteiger partial charge in [-0.15, -0.1) is 0 Å². The van der Waals surface area contributed by atoms with E-state index in [2.05, 4.69) is 16.9 Å². The fraction of sp³-hybridized carbons (Fsp3) is 0.333. The van der Waals surface area contributed by atoms with Crippen molar-refractivity contribution in [1.82, 2.24) is 9.97 Å². The van der Waals surface area contributed by atoms with Crippen LogP contribution in [0.4, 0.5) is 0 Å². The molecule has 0 saturated carbocycles. The largest absolute Gasteiger partial charge is 0.494 e. The van der Waals surface area contributed by atoms with Crippen LogP contribution in [0, 0.1) is 0 Å². The first kappa shape index (κ1) is 13.8. The van der Waals surface area contributed by atoms with Crippen LogP contribution in [0.1, 0.15) is 25.8 Å². The van der Waals surface area contributed by atoms with E-state index in [-0.39, 0.29) is 0 Å². The van der Waals surface area contributed by atoms with E-state index in [9.17, 15) is 0 Å². The van der Waals surface area contributed by atoms with Crippen molar-refractivity contribution in [3.8, 4) is 17.0 Å². The zero-order valence-electron chi connectivity index (χ0n) is 11.2. The van der Waals surface area contributed by atoms with Crippen molar-refractivity contribution in [3.63, 3.8) is 0 Å². The van der Waals surface area contributed by atoms with Crippen molar-refractivity contribution in [1.29, 1.82) is 0 Å². The van der Waals surface area contributed by atoms with Gasteiger partial charge in [-0.05, 0) is 25.5 Å². The predicted octanol–water partition coefficient (Wildman–Crippen LogP) is 4.15. The summed E-state index contributed by atoms with van der Waals surface area (Å²) < 4.78 is 5.52. The van der Waals surface area contributed by atoms with Crippen molar-refractivity contribution in [3.05, 3.63) is 41.3 Å². The van der Waals surface area contributed by atoms with Crippen molar-refractivity contribution in [2.24, 2.45) is 0 Å². The number of aromatic nitrogens is 2. The number of nitrogens with zero attached hydrogens (tertiary/aromatic N) is 2. The van der Waals surface area contributed by atoms with E-state index >= 15 is 0 Å². The second-order valence-electron chi connectivity index (χ2n) is 4.20. The fourth-order valence-corrected chi connectivity index (χ4v) is 2.24. The van der Waals surface area contributed by atoms with Crippen molar-refractivity contribution < 1.29 is 4.74 Å². The van der Waals surface area contributed by atoms with Gasteiger partial charge in [0, 0.05) is 11.1 Å². The highest BCUT2D eigenvalue weighted by Crippen LogP contribution is 2.29. The molecule has 0 spiro atoms. The highest BCUT2D eigenvalue weighted by atomic mass is 35.5. The van der Waals surface area contributed by atoms with Crippen LogP contribution >= 0.6 is 11.6 Å². The Balaban J connectivity index is 2.46. The van der Waals surface area contributed by atoms with Gasteiger partial charge >= 0.3 is 0 Å². The lowest BCUT2D eigenvalue weighted by molar-refractivity contribution is 0.340. The van der Waals surface area contributed by atoms with Gasteiger partial charge in [0.15, 0.2) is 0 Å². The third-order valence-corrected chi connectivity index (χ3v) is 3.14. The van der Waals surface area contributed by atoms with Crippen LogP contribution in [0.15, 0.2) is 30.6 Å². The van der Waals surface area contributed by atoms with E-state index < -0.39 is 0 Å². The molecule has 0 aliphatic rings. The Labute approximate surface area is 118 Å². The third kappa shape index (κ3) is 3.24. The molecule has 100 valence electrons. The second-order valence-corrected chi connectivity index (χ2v) is 4.56. The van der Waals surface area contributed by atoms with Crippen LogP contribution in [-0.4, -0.2) is 16.6 Å². The predicted molar refractivity (Wildman–Crippen MR) is 77.6 cm³/mol. The van der Waals surface area contributed by atoms with Crippen LogP contribution in [0.25, 0.3) is 11.3 Å². The SMILES string of the molecule is CCCc1c(Cl)ncnc1-c1cccc(OCC)c1. The molecule has 1 aromatic heterocycles. The van der Waals surface area contributed by atoms with E-state index in [0.29, 0.717) is 11.8 Å². The Bertz CT molecular complexity index is 558. The molecular weight excluding hydrogens is 260 g/mol. The van der Waals surface area contributed by atoms with Gasteiger partial charge in [0.25, 0.3) is 0 Å². The lowest BCUT2D eigenvalue weighted by Gasteiger charge is -2.10. The van der Waals surface area contributed by atoms with Gasteiger partial charge in [0.2, 0.25) is 0 Å². The molecule has 0 unspecified atom stereocenters. The van der Waals surface area contributed by atoms with Crippen LogP contribution in [0.5, 0.6) is 5.75 Å². The molecule has 0 N–H and O–H groups in total. The highest BCUT2D eigenvalue weighted by molar-refractivity contribution is 6.30. The quantitative estimate of drug-likeness (QED) is 0.770. The summed E-state index contributed by atoms with van der Waals surface area (Å²) in [6, 6.07) is 7.91. The topological polar surface area (TPSA) is 35.0 Å². The van der Waals surface area contributed by atoms with Gasteiger partial charge in [-0.25, -0.2) is 9.97 Å². The molecule has 2 aromatic rings. The van der Waals surface area contributed by atoms with Crippen LogP contribution in [0.2, 0.25) is 5.15 Å². The number of rotatable bonds is 5. The summed E-state index contributed by atoms with van der Waals surface area (Å²) >= 11 is 6.18. The van der Waals surface area contributed by atoms with Crippen LogP contribution < -0.4 is 4.74 Å². The lowest BCUT2D eigenvalue weighted by Crippen LogP contribution is -1.97. The number of ether oxygens (including phenoxy) is 1. The van der Waals surface area contributed by atoms with E-state index in [1.165, 1.54) is 6.33 Å². The smallest absolute Gasteiger partial charge is 0.136 e. The molecule has 0 atom stereocenters. The van der Waals surface area contributed by atoms with Gasteiger partial charge in [-0.3, -0.25) is 0 Å². The summed E-state index contributed by atoms with van der Waals surface area (Å²) in [5.41, 5.74) is 2.91. The highest BCUT2D eigenvalue weighted by Gasteiger charge is 2.11. The van der Waals surface area contributed by atoms with Crippen molar-refractivity contribution in [2.45, 2.75) is 26.7 Å². The minimum Gasteiger partial charge on any atom is -0.494 e. The first-order valence-electron chi connectivity index (χ1n) is 6.48. The van der Waals surface area contributed by atoms with Gasteiger partial charge in [-0.2, -0.15) is 0 Å². The Morgan fingerprint density at radius 2 is 2.05 bits per heavy atom. The molecule has 4 heteroatoms. The fourth-order valence-electron chi connectivity index (χ4n) is 2.01. The first-order chi connectivity index (χ1) is 9.26. The molecule has 1 heterocycles. The number of halogens is 1. The van der Waals surface area contributed by atoms with E-state index in [1.54, 1.807) is 0 Å². The zero-order valence-corrected chi connectivity index (χ0v) is 11.9. The molecule has 19 heavy (non-hydrogen) atoms. The average molecular weight is 277 g/mol. The van der Waals surface area contributed by atoms with Gasteiger partial charge in [0.05, 0.1) is 12.3 Å². The maximum Gasteiger partial charge on any atom is 0.136 e. The van der Waals surface area contributed by atoms with Crippen molar-refractivity contribution in [2.75, 3.05) is 6.61 Å². The first-order valence-corrected chi connectivity index (χ1v) is 6.86. The molecule has 2 rings (SSSR count). The number of benzene rings is 1. The molecule has 1 aromatic carbocycles. The minimum atomic E-state index is 0.536. The second kappa shape index (κ2) is 6.53. The molecule has 0 bridgehead atoms. The van der Waals surface area contributed by atoms with Crippen LogP contribution in [0.3, 0.4) is 0 Å². The van der Waals surface area contributed by atoms with E-state index in [1.807, 2.05) is 31.2 Å². The molecule has 0 aliphatic carbocycles. The monoisotopic (exact) mass is 276 g/mol. The van der Waals surface area contributed by atoms with E-state index in [0.717, 1.165) is 35.4 Å². The van der Waals surface area contributed by atoms with Gasteiger partial charge < -0.3 is 4.74 Å². The normalized spacial score (nSPS) is 10.5. The lowest BCUT2D eigenvalue weighted by atomic mass is 10.0.